The molecule has 8 heteroatoms. The van der Waals surface area contributed by atoms with Gasteiger partial charge in [0.25, 0.3) is 0 Å². The number of pyridine rings is 2. The van der Waals surface area contributed by atoms with Gasteiger partial charge in [-0.15, -0.1) is 0 Å². The number of nitrogens with zero attached hydrogens (tertiary/aromatic N) is 4. The van der Waals surface area contributed by atoms with E-state index in [1.54, 1.807) is 24.8 Å². The summed E-state index contributed by atoms with van der Waals surface area (Å²) in [6.45, 7) is 6.37. The van der Waals surface area contributed by atoms with E-state index in [0.29, 0.717) is 24.7 Å². The Hall–Kier alpha value is -3.29. The molecule has 3 aromatic rings. The summed E-state index contributed by atoms with van der Waals surface area (Å²) in [6.07, 6.45) is 6.35. The molecule has 0 bridgehead atoms. The largest absolute Gasteiger partial charge is 0.444 e. The second-order valence-corrected chi connectivity index (χ2v) is 6.88. The maximum atomic E-state index is 11.7. The fourth-order valence-electron chi connectivity index (χ4n) is 2.41. The number of fused-ring (bicyclic) bond motifs is 1. The molecule has 3 aromatic heterocycles. The normalized spacial score (nSPS) is 11.2. The third-order valence-electron chi connectivity index (χ3n) is 3.52. The minimum absolute atomic E-state index is 0.399. The lowest BCUT2D eigenvalue weighted by Gasteiger charge is -2.19. The highest BCUT2D eigenvalue weighted by Crippen LogP contribution is 2.23. The van der Waals surface area contributed by atoms with Crippen molar-refractivity contribution in [3.8, 4) is 11.4 Å². The zero-order valence-electron chi connectivity index (χ0n) is 15.6. The molecular formula is C19H22N6O2. The first-order valence-electron chi connectivity index (χ1n) is 8.65. The first-order valence-corrected chi connectivity index (χ1v) is 8.65. The SMILES string of the molecule is CC(C)(C)OC(=O)NCCNc1nc(-c2ccncc2)nc2cnccc12. The van der Waals surface area contributed by atoms with Crippen LogP contribution in [0.15, 0.2) is 43.0 Å². The van der Waals surface area contributed by atoms with E-state index in [1.807, 2.05) is 39.0 Å². The summed E-state index contributed by atoms with van der Waals surface area (Å²) < 4.78 is 5.22. The molecule has 2 N–H and O–H groups in total. The third-order valence-corrected chi connectivity index (χ3v) is 3.52. The predicted molar refractivity (Wildman–Crippen MR) is 103 cm³/mol. The van der Waals surface area contributed by atoms with Crippen molar-refractivity contribution in [1.29, 1.82) is 0 Å². The van der Waals surface area contributed by atoms with Gasteiger partial charge < -0.3 is 15.4 Å². The Balaban J connectivity index is 1.73. The molecular weight excluding hydrogens is 344 g/mol. The van der Waals surface area contributed by atoms with Gasteiger partial charge in [-0.25, -0.2) is 14.8 Å². The molecule has 3 heterocycles. The van der Waals surface area contributed by atoms with Crippen molar-refractivity contribution in [2.75, 3.05) is 18.4 Å². The van der Waals surface area contributed by atoms with Gasteiger partial charge in [-0.2, -0.15) is 0 Å². The minimum atomic E-state index is -0.521. The molecule has 0 saturated carbocycles. The zero-order chi connectivity index (χ0) is 19.3. The highest BCUT2D eigenvalue weighted by molar-refractivity contribution is 5.89. The summed E-state index contributed by atoms with van der Waals surface area (Å²) in [6, 6.07) is 5.56. The molecule has 3 rings (SSSR count). The Labute approximate surface area is 157 Å². The fraction of sp³-hybridized carbons (Fsp3) is 0.316. The van der Waals surface area contributed by atoms with Crippen LogP contribution in [-0.2, 0) is 4.74 Å². The van der Waals surface area contributed by atoms with Gasteiger partial charge in [0.2, 0.25) is 0 Å². The minimum Gasteiger partial charge on any atom is -0.444 e. The lowest BCUT2D eigenvalue weighted by Crippen LogP contribution is -2.35. The van der Waals surface area contributed by atoms with E-state index in [1.165, 1.54) is 0 Å². The molecule has 0 aliphatic rings. The van der Waals surface area contributed by atoms with Gasteiger partial charge in [-0.05, 0) is 39.0 Å². The summed E-state index contributed by atoms with van der Waals surface area (Å²) >= 11 is 0. The number of alkyl carbamates (subject to hydrolysis) is 1. The van der Waals surface area contributed by atoms with Crippen molar-refractivity contribution in [1.82, 2.24) is 25.3 Å². The molecule has 0 saturated heterocycles. The number of anilines is 1. The van der Waals surface area contributed by atoms with Crippen LogP contribution in [0.3, 0.4) is 0 Å². The Kier molecular flexibility index (Phi) is 5.44. The van der Waals surface area contributed by atoms with E-state index in [2.05, 4.69) is 30.6 Å². The quantitative estimate of drug-likeness (QED) is 0.669. The lowest BCUT2D eigenvalue weighted by atomic mass is 10.2. The molecule has 0 atom stereocenters. The second-order valence-electron chi connectivity index (χ2n) is 6.88. The van der Waals surface area contributed by atoms with Crippen molar-refractivity contribution >= 4 is 22.8 Å². The predicted octanol–water partition coefficient (Wildman–Crippen LogP) is 3.02. The molecule has 0 aromatic carbocycles. The fourth-order valence-corrected chi connectivity index (χ4v) is 2.41. The maximum Gasteiger partial charge on any atom is 0.407 e. The molecule has 140 valence electrons. The van der Waals surface area contributed by atoms with Crippen LogP contribution in [-0.4, -0.2) is 44.7 Å². The number of rotatable bonds is 5. The average molecular weight is 366 g/mol. The van der Waals surface area contributed by atoms with Crippen LogP contribution in [0, 0.1) is 0 Å². The summed E-state index contributed by atoms with van der Waals surface area (Å²) in [5.74, 6) is 1.26. The van der Waals surface area contributed by atoms with E-state index in [-0.39, 0.29) is 0 Å². The van der Waals surface area contributed by atoms with Crippen LogP contribution in [0.5, 0.6) is 0 Å². The Morgan fingerprint density at radius 1 is 1.04 bits per heavy atom. The van der Waals surface area contributed by atoms with Crippen molar-refractivity contribution in [3.05, 3.63) is 43.0 Å². The van der Waals surface area contributed by atoms with Gasteiger partial charge in [0.15, 0.2) is 5.82 Å². The molecule has 0 aliphatic heterocycles. The second kappa shape index (κ2) is 7.94. The van der Waals surface area contributed by atoms with Crippen LogP contribution in [0.4, 0.5) is 10.6 Å². The van der Waals surface area contributed by atoms with E-state index >= 15 is 0 Å². The third kappa shape index (κ3) is 5.10. The van der Waals surface area contributed by atoms with Crippen LogP contribution in [0.2, 0.25) is 0 Å². The molecule has 0 fully saturated rings. The number of aromatic nitrogens is 4. The molecule has 0 aliphatic carbocycles. The molecule has 0 spiro atoms. The number of hydrogen-bond acceptors (Lipinski definition) is 7. The van der Waals surface area contributed by atoms with Gasteiger partial charge in [-0.3, -0.25) is 9.97 Å². The van der Waals surface area contributed by atoms with Crippen molar-refractivity contribution in [2.45, 2.75) is 26.4 Å². The topological polar surface area (TPSA) is 102 Å². The smallest absolute Gasteiger partial charge is 0.407 e. The zero-order valence-corrected chi connectivity index (χ0v) is 15.6. The van der Waals surface area contributed by atoms with E-state index in [9.17, 15) is 4.79 Å². The molecule has 1 amide bonds. The first kappa shape index (κ1) is 18.5. The van der Waals surface area contributed by atoms with Crippen LogP contribution < -0.4 is 10.6 Å². The summed E-state index contributed by atoms with van der Waals surface area (Å²) in [4.78, 5) is 29.1. The molecule has 0 unspecified atom stereocenters. The number of amides is 1. The Bertz CT molecular complexity index is 924. The maximum absolute atomic E-state index is 11.7. The van der Waals surface area contributed by atoms with Gasteiger partial charge in [-0.1, -0.05) is 0 Å². The van der Waals surface area contributed by atoms with Crippen molar-refractivity contribution in [2.24, 2.45) is 0 Å². The number of carbonyl (C=O) groups excluding carboxylic acids is 1. The number of carbonyl (C=O) groups is 1. The standard InChI is InChI=1S/C19H22N6O2/c1-19(2,3)27-18(26)23-11-10-22-17-14-6-9-21-12-15(14)24-16(25-17)13-4-7-20-8-5-13/h4-9,12H,10-11H2,1-3H3,(H,23,26)(H,22,24,25). The summed E-state index contributed by atoms with van der Waals surface area (Å²) in [5, 5.41) is 6.83. The van der Waals surface area contributed by atoms with Crippen molar-refractivity contribution in [3.63, 3.8) is 0 Å². The van der Waals surface area contributed by atoms with Gasteiger partial charge in [0.05, 0.1) is 11.7 Å². The van der Waals surface area contributed by atoms with E-state index in [0.717, 1.165) is 16.5 Å². The van der Waals surface area contributed by atoms with Crippen molar-refractivity contribution < 1.29 is 9.53 Å². The first-order chi connectivity index (χ1) is 12.9. The molecule has 8 nitrogen and oxygen atoms in total. The average Bonchev–Trinajstić information content (AvgIpc) is 2.64. The number of nitrogens with one attached hydrogen (secondary N) is 2. The summed E-state index contributed by atoms with van der Waals surface area (Å²) in [7, 11) is 0. The molecule has 27 heavy (non-hydrogen) atoms. The summed E-state index contributed by atoms with van der Waals surface area (Å²) in [5.41, 5.74) is 1.08. The molecule has 0 radical (unpaired) electrons. The highest BCUT2D eigenvalue weighted by atomic mass is 16.6. The Morgan fingerprint density at radius 2 is 1.78 bits per heavy atom. The number of hydrogen-bond donors (Lipinski definition) is 2. The number of ether oxygens (including phenoxy) is 1. The van der Waals surface area contributed by atoms with Gasteiger partial charge in [0.1, 0.15) is 11.4 Å². The van der Waals surface area contributed by atoms with Crippen LogP contribution >= 0.6 is 0 Å². The highest BCUT2D eigenvalue weighted by Gasteiger charge is 2.15. The van der Waals surface area contributed by atoms with Gasteiger partial charge in [0, 0.05) is 42.6 Å². The van der Waals surface area contributed by atoms with E-state index < -0.39 is 11.7 Å². The van der Waals surface area contributed by atoms with E-state index in [4.69, 9.17) is 4.74 Å². The monoisotopic (exact) mass is 366 g/mol. The Morgan fingerprint density at radius 3 is 2.52 bits per heavy atom. The lowest BCUT2D eigenvalue weighted by molar-refractivity contribution is 0.0530. The van der Waals surface area contributed by atoms with Gasteiger partial charge >= 0.3 is 6.09 Å². The van der Waals surface area contributed by atoms with Crippen LogP contribution in [0.1, 0.15) is 20.8 Å². The van der Waals surface area contributed by atoms with Crippen LogP contribution in [0.25, 0.3) is 22.3 Å².